The topological polar surface area (TPSA) is 62.4 Å². The molecule has 3 aliphatic rings. The molecule has 0 amide bonds. The van der Waals surface area contributed by atoms with Crippen molar-refractivity contribution < 1.29 is 0 Å². The van der Waals surface area contributed by atoms with Gasteiger partial charge in [0.1, 0.15) is 0 Å². The minimum absolute atomic E-state index is 0.127. The van der Waals surface area contributed by atoms with Crippen LogP contribution in [0.2, 0.25) is 0 Å². The van der Waals surface area contributed by atoms with Crippen molar-refractivity contribution in [2.75, 3.05) is 13.1 Å². The van der Waals surface area contributed by atoms with E-state index in [0.29, 0.717) is 6.04 Å². The molecule has 4 heteroatoms. The number of hydrogen-bond donors (Lipinski definition) is 3. The fraction of sp³-hybridized carbons (Fsp3) is 0.471. The lowest BCUT2D eigenvalue weighted by Crippen LogP contribution is -2.34. The van der Waals surface area contributed by atoms with Crippen LogP contribution in [0, 0.1) is 0 Å². The first-order valence-electron chi connectivity index (χ1n) is 7.88. The van der Waals surface area contributed by atoms with Gasteiger partial charge in [0.2, 0.25) is 0 Å². The lowest BCUT2D eigenvalue weighted by Gasteiger charge is -2.27. The maximum Gasteiger partial charge on any atom is 0.0730 e. The zero-order valence-corrected chi connectivity index (χ0v) is 12.4. The molecule has 4 nitrogen and oxygen atoms in total. The standard InChI is InChI=1S/C17H24N4/c18-11-14(12-20-15-7-9-19-10-8-15)17-6-5-13-3-1-2-4-16(13)21-17/h3-6,11-12,15,17,19,21H,1-2,7-10,18H2. The first-order chi connectivity index (χ1) is 10.4. The van der Waals surface area contributed by atoms with Crippen LogP contribution in [0.25, 0.3) is 0 Å². The quantitative estimate of drug-likeness (QED) is 0.692. The van der Waals surface area contributed by atoms with Crippen molar-refractivity contribution in [1.82, 2.24) is 10.6 Å². The van der Waals surface area contributed by atoms with Crippen LogP contribution >= 0.6 is 0 Å². The Morgan fingerprint density at radius 3 is 2.86 bits per heavy atom. The molecule has 4 N–H and O–H groups in total. The highest BCUT2D eigenvalue weighted by atomic mass is 15.0. The fourth-order valence-corrected chi connectivity index (χ4v) is 2.98. The Morgan fingerprint density at radius 2 is 2.05 bits per heavy atom. The highest BCUT2D eigenvalue weighted by molar-refractivity contribution is 5.81. The molecule has 0 aromatic carbocycles. The number of fused-ring (bicyclic) bond motifs is 1. The van der Waals surface area contributed by atoms with Crippen LogP contribution in [0.5, 0.6) is 0 Å². The zero-order chi connectivity index (χ0) is 14.5. The summed E-state index contributed by atoms with van der Waals surface area (Å²) in [5.74, 6) is 0. The van der Waals surface area contributed by atoms with Gasteiger partial charge in [-0.3, -0.25) is 4.99 Å². The van der Waals surface area contributed by atoms with Gasteiger partial charge < -0.3 is 16.4 Å². The van der Waals surface area contributed by atoms with Gasteiger partial charge in [0.25, 0.3) is 0 Å². The van der Waals surface area contributed by atoms with E-state index in [9.17, 15) is 0 Å². The van der Waals surface area contributed by atoms with Crippen LogP contribution in [-0.2, 0) is 0 Å². The normalized spacial score (nSPS) is 27.0. The summed E-state index contributed by atoms with van der Waals surface area (Å²) >= 11 is 0. The molecule has 0 saturated carbocycles. The number of allylic oxidation sites excluding steroid dienone is 3. The Hall–Kier alpha value is -1.81. The maximum atomic E-state index is 5.81. The third-order valence-corrected chi connectivity index (χ3v) is 4.26. The summed E-state index contributed by atoms with van der Waals surface area (Å²) in [6, 6.07) is 0.556. The number of nitrogens with two attached hydrogens (primary N) is 1. The highest BCUT2D eigenvalue weighted by Crippen LogP contribution is 2.23. The third-order valence-electron chi connectivity index (χ3n) is 4.26. The molecule has 1 aliphatic carbocycles. The second kappa shape index (κ2) is 6.76. The van der Waals surface area contributed by atoms with Gasteiger partial charge in [-0.2, -0.15) is 0 Å². The van der Waals surface area contributed by atoms with E-state index in [-0.39, 0.29) is 6.04 Å². The number of nitrogens with zero attached hydrogens (tertiary/aromatic N) is 1. The summed E-state index contributed by atoms with van der Waals surface area (Å²) in [6.45, 7) is 2.12. The van der Waals surface area contributed by atoms with E-state index < -0.39 is 0 Å². The Labute approximate surface area is 126 Å². The molecular formula is C17H24N4. The highest BCUT2D eigenvalue weighted by Gasteiger charge is 2.19. The van der Waals surface area contributed by atoms with E-state index in [4.69, 9.17) is 10.7 Å². The van der Waals surface area contributed by atoms with E-state index >= 15 is 0 Å². The fourth-order valence-electron chi connectivity index (χ4n) is 2.98. The van der Waals surface area contributed by atoms with E-state index in [1.54, 1.807) is 6.20 Å². The van der Waals surface area contributed by atoms with Crippen molar-refractivity contribution in [3.05, 3.63) is 47.3 Å². The average Bonchev–Trinajstić information content (AvgIpc) is 2.56. The molecule has 0 aromatic heterocycles. The second-order valence-electron chi connectivity index (χ2n) is 5.76. The number of hydrogen-bond acceptors (Lipinski definition) is 4. The second-order valence-corrected chi connectivity index (χ2v) is 5.76. The number of piperidine rings is 1. The van der Waals surface area contributed by atoms with Gasteiger partial charge in [0.05, 0.1) is 12.1 Å². The van der Waals surface area contributed by atoms with Gasteiger partial charge in [-0.1, -0.05) is 24.3 Å². The number of nitrogens with one attached hydrogen (secondary N) is 2. The molecule has 1 fully saturated rings. The van der Waals surface area contributed by atoms with E-state index in [1.807, 2.05) is 6.21 Å². The Kier molecular flexibility index (Phi) is 4.55. The molecule has 0 bridgehead atoms. The van der Waals surface area contributed by atoms with Crippen LogP contribution in [0.1, 0.15) is 25.7 Å². The van der Waals surface area contributed by atoms with E-state index in [2.05, 4.69) is 34.9 Å². The Morgan fingerprint density at radius 1 is 1.24 bits per heavy atom. The minimum atomic E-state index is 0.127. The third kappa shape index (κ3) is 3.45. The predicted octanol–water partition coefficient (Wildman–Crippen LogP) is 1.78. The first kappa shape index (κ1) is 14.1. The lowest BCUT2D eigenvalue weighted by molar-refractivity contribution is 0.460. The molecule has 0 radical (unpaired) electrons. The number of rotatable bonds is 3. The van der Waals surface area contributed by atoms with Crippen LogP contribution in [0.3, 0.4) is 0 Å². The van der Waals surface area contributed by atoms with Crippen molar-refractivity contribution in [1.29, 1.82) is 0 Å². The SMILES string of the molecule is NC=C(C=NC1CCNCC1)C1C=CC2=CCCC=C2N1. The average molecular weight is 284 g/mol. The van der Waals surface area contributed by atoms with E-state index in [0.717, 1.165) is 44.3 Å². The lowest BCUT2D eigenvalue weighted by atomic mass is 9.95. The monoisotopic (exact) mass is 284 g/mol. The van der Waals surface area contributed by atoms with Crippen LogP contribution < -0.4 is 16.4 Å². The van der Waals surface area contributed by atoms with Gasteiger partial charge in [0, 0.05) is 23.7 Å². The smallest absolute Gasteiger partial charge is 0.0730 e. The van der Waals surface area contributed by atoms with Crippen molar-refractivity contribution in [2.45, 2.75) is 37.8 Å². The summed E-state index contributed by atoms with van der Waals surface area (Å²) in [5.41, 5.74) is 9.37. The van der Waals surface area contributed by atoms with Crippen LogP contribution in [-0.4, -0.2) is 31.4 Å². The Bertz CT molecular complexity index is 519. The van der Waals surface area contributed by atoms with Gasteiger partial charge in [-0.05, 0) is 44.3 Å². The molecule has 1 atom stereocenters. The summed E-state index contributed by atoms with van der Waals surface area (Å²) in [7, 11) is 0. The van der Waals surface area contributed by atoms with Gasteiger partial charge in [-0.15, -0.1) is 0 Å². The zero-order valence-electron chi connectivity index (χ0n) is 12.4. The minimum Gasteiger partial charge on any atom is -0.404 e. The maximum absolute atomic E-state index is 5.81. The largest absolute Gasteiger partial charge is 0.404 e. The predicted molar refractivity (Wildman–Crippen MR) is 88.1 cm³/mol. The van der Waals surface area contributed by atoms with Gasteiger partial charge in [-0.25, -0.2) is 0 Å². The molecule has 3 rings (SSSR count). The van der Waals surface area contributed by atoms with Crippen LogP contribution in [0.15, 0.2) is 52.3 Å². The number of aliphatic imine (C=N–C) groups is 1. The first-order valence-corrected chi connectivity index (χ1v) is 7.88. The summed E-state index contributed by atoms with van der Waals surface area (Å²) in [5, 5.41) is 6.91. The van der Waals surface area contributed by atoms with Crippen molar-refractivity contribution in [3.63, 3.8) is 0 Å². The van der Waals surface area contributed by atoms with Crippen molar-refractivity contribution in [2.24, 2.45) is 10.7 Å². The molecule has 21 heavy (non-hydrogen) atoms. The van der Waals surface area contributed by atoms with Crippen molar-refractivity contribution in [3.8, 4) is 0 Å². The molecule has 1 saturated heterocycles. The summed E-state index contributed by atoms with van der Waals surface area (Å²) in [4.78, 5) is 4.71. The molecule has 1 unspecified atom stereocenters. The van der Waals surface area contributed by atoms with Crippen molar-refractivity contribution >= 4 is 6.21 Å². The van der Waals surface area contributed by atoms with Crippen LogP contribution in [0.4, 0.5) is 0 Å². The molecule has 2 aliphatic heterocycles. The van der Waals surface area contributed by atoms with Gasteiger partial charge in [0.15, 0.2) is 0 Å². The summed E-state index contributed by atoms with van der Waals surface area (Å²) < 4.78 is 0. The molecular weight excluding hydrogens is 260 g/mol. The molecule has 0 spiro atoms. The van der Waals surface area contributed by atoms with Gasteiger partial charge >= 0.3 is 0 Å². The molecule has 0 aromatic rings. The molecule has 2 heterocycles. The molecule has 112 valence electrons. The van der Waals surface area contributed by atoms with E-state index in [1.165, 1.54) is 11.3 Å². The Balaban J connectivity index is 1.68. The summed E-state index contributed by atoms with van der Waals surface area (Å²) in [6.07, 6.45) is 17.0.